The SMILES string of the molecule is CC(C)c1nnc(SCc2ccc(Br)cc2)n1/N=C/c1ccccc1OCc1ccccc1. The average molecular weight is 521 g/mol. The summed E-state index contributed by atoms with van der Waals surface area (Å²) in [4.78, 5) is 0. The van der Waals surface area contributed by atoms with Crippen molar-refractivity contribution in [3.05, 3.63) is 106 Å². The zero-order chi connectivity index (χ0) is 23.0. The predicted octanol–water partition coefficient (Wildman–Crippen LogP) is 6.92. The number of para-hydroxylation sites is 1. The molecule has 4 rings (SSSR count). The molecule has 0 aliphatic rings. The third kappa shape index (κ3) is 6.33. The summed E-state index contributed by atoms with van der Waals surface area (Å²) in [6, 6.07) is 26.3. The zero-order valence-corrected chi connectivity index (χ0v) is 21.0. The van der Waals surface area contributed by atoms with E-state index in [4.69, 9.17) is 9.84 Å². The highest BCUT2D eigenvalue weighted by Gasteiger charge is 2.15. The van der Waals surface area contributed by atoms with E-state index in [9.17, 15) is 0 Å². The quantitative estimate of drug-likeness (QED) is 0.177. The molecule has 0 N–H and O–H groups in total. The molecule has 0 spiro atoms. The minimum absolute atomic E-state index is 0.196. The van der Waals surface area contributed by atoms with Gasteiger partial charge in [0.05, 0.1) is 6.21 Å². The van der Waals surface area contributed by atoms with Gasteiger partial charge in [-0.05, 0) is 35.4 Å². The van der Waals surface area contributed by atoms with Gasteiger partial charge in [-0.1, -0.05) is 96.1 Å². The fourth-order valence-corrected chi connectivity index (χ4v) is 4.25. The minimum atomic E-state index is 0.196. The smallest absolute Gasteiger partial charge is 0.212 e. The van der Waals surface area contributed by atoms with E-state index in [-0.39, 0.29) is 5.92 Å². The Bertz CT molecular complexity index is 1210. The molecule has 0 fully saturated rings. The van der Waals surface area contributed by atoms with Crippen molar-refractivity contribution in [1.82, 2.24) is 14.9 Å². The number of halogens is 1. The van der Waals surface area contributed by atoms with Gasteiger partial charge in [0.2, 0.25) is 5.16 Å². The lowest BCUT2D eigenvalue weighted by atomic mass is 10.2. The molecule has 0 bridgehead atoms. The molecule has 0 unspecified atom stereocenters. The van der Waals surface area contributed by atoms with Gasteiger partial charge in [-0.25, -0.2) is 0 Å². The van der Waals surface area contributed by atoms with Crippen LogP contribution in [0.4, 0.5) is 0 Å². The van der Waals surface area contributed by atoms with Gasteiger partial charge in [0.1, 0.15) is 12.4 Å². The van der Waals surface area contributed by atoms with E-state index in [0.717, 1.165) is 38.1 Å². The Morgan fingerprint density at radius 1 is 0.939 bits per heavy atom. The molecule has 33 heavy (non-hydrogen) atoms. The maximum absolute atomic E-state index is 6.08. The lowest BCUT2D eigenvalue weighted by molar-refractivity contribution is 0.306. The van der Waals surface area contributed by atoms with Crippen LogP contribution in [0.3, 0.4) is 0 Å². The maximum atomic E-state index is 6.08. The van der Waals surface area contributed by atoms with Crippen molar-refractivity contribution in [2.75, 3.05) is 0 Å². The van der Waals surface area contributed by atoms with Crippen LogP contribution in [0.25, 0.3) is 0 Å². The molecular formula is C26H25BrN4OS. The number of ether oxygens (including phenoxy) is 1. The zero-order valence-electron chi connectivity index (χ0n) is 18.6. The Morgan fingerprint density at radius 2 is 1.67 bits per heavy atom. The normalized spacial score (nSPS) is 11.4. The monoisotopic (exact) mass is 520 g/mol. The number of aromatic nitrogens is 3. The van der Waals surface area contributed by atoms with Crippen molar-refractivity contribution < 1.29 is 4.74 Å². The molecule has 168 valence electrons. The number of hydrogen-bond acceptors (Lipinski definition) is 5. The molecule has 3 aromatic carbocycles. The Hall–Kier alpha value is -2.90. The minimum Gasteiger partial charge on any atom is -0.488 e. The van der Waals surface area contributed by atoms with Crippen LogP contribution in [0.15, 0.2) is 93.6 Å². The van der Waals surface area contributed by atoms with Gasteiger partial charge >= 0.3 is 0 Å². The Morgan fingerprint density at radius 3 is 2.42 bits per heavy atom. The first-order valence-corrected chi connectivity index (χ1v) is 12.5. The van der Waals surface area contributed by atoms with Crippen LogP contribution < -0.4 is 4.74 Å². The topological polar surface area (TPSA) is 52.3 Å². The van der Waals surface area contributed by atoms with Crippen LogP contribution in [0.1, 0.15) is 42.3 Å². The maximum Gasteiger partial charge on any atom is 0.212 e. The summed E-state index contributed by atoms with van der Waals surface area (Å²) < 4.78 is 8.98. The third-order valence-corrected chi connectivity index (χ3v) is 6.42. The second-order valence-corrected chi connectivity index (χ2v) is 9.64. The highest BCUT2D eigenvalue weighted by atomic mass is 79.9. The van der Waals surface area contributed by atoms with Crippen molar-refractivity contribution in [1.29, 1.82) is 0 Å². The molecule has 1 heterocycles. The molecule has 0 aliphatic carbocycles. The second-order valence-electron chi connectivity index (χ2n) is 7.78. The number of hydrogen-bond donors (Lipinski definition) is 0. The van der Waals surface area contributed by atoms with Crippen molar-refractivity contribution in [3.63, 3.8) is 0 Å². The molecule has 0 atom stereocenters. The first-order chi connectivity index (χ1) is 16.1. The number of nitrogens with zero attached hydrogens (tertiary/aromatic N) is 4. The third-order valence-electron chi connectivity index (χ3n) is 4.90. The van der Waals surface area contributed by atoms with Gasteiger partial charge < -0.3 is 4.74 Å². The second kappa shape index (κ2) is 11.3. The lowest BCUT2D eigenvalue weighted by Gasteiger charge is -2.10. The molecule has 0 amide bonds. The van der Waals surface area contributed by atoms with Crippen molar-refractivity contribution >= 4 is 33.9 Å². The average Bonchev–Trinajstić information content (AvgIpc) is 3.25. The molecule has 0 aliphatic heterocycles. The molecule has 0 saturated carbocycles. The van der Waals surface area contributed by atoms with Gasteiger partial charge in [0.15, 0.2) is 5.82 Å². The molecular weight excluding hydrogens is 496 g/mol. The van der Waals surface area contributed by atoms with Gasteiger partial charge in [0.25, 0.3) is 0 Å². The summed E-state index contributed by atoms with van der Waals surface area (Å²) in [5.41, 5.74) is 3.24. The van der Waals surface area contributed by atoms with E-state index in [2.05, 4.69) is 64.2 Å². The number of benzene rings is 3. The highest BCUT2D eigenvalue weighted by molar-refractivity contribution is 9.10. The summed E-state index contributed by atoms with van der Waals surface area (Å²) in [6.07, 6.45) is 1.82. The van der Waals surface area contributed by atoms with Crippen LogP contribution in [0.5, 0.6) is 5.75 Å². The Kier molecular flexibility index (Phi) is 7.96. The van der Waals surface area contributed by atoms with E-state index in [1.54, 1.807) is 11.8 Å². The van der Waals surface area contributed by atoms with Crippen LogP contribution >= 0.6 is 27.7 Å². The standard InChI is InChI=1S/C26H25BrN4OS/c1-19(2)25-29-30-26(33-18-21-12-14-23(27)15-13-21)31(25)28-16-22-10-6-7-11-24(22)32-17-20-8-4-3-5-9-20/h3-16,19H,17-18H2,1-2H3/b28-16+. The summed E-state index contributed by atoms with van der Waals surface area (Å²) >= 11 is 5.10. The van der Waals surface area contributed by atoms with E-state index in [1.165, 1.54) is 5.56 Å². The summed E-state index contributed by atoms with van der Waals surface area (Å²) in [5, 5.41) is 14.3. The predicted molar refractivity (Wildman–Crippen MR) is 138 cm³/mol. The molecule has 7 heteroatoms. The fourth-order valence-electron chi connectivity index (χ4n) is 3.14. The number of rotatable bonds is 9. The molecule has 1 aromatic heterocycles. The molecule has 5 nitrogen and oxygen atoms in total. The Balaban J connectivity index is 1.53. The van der Waals surface area contributed by atoms with Crippen LogP contribution in [0.2, 0.25) is 0 Å². The summed E-state index contributed by atoms with van der Waals surface area (Å²) in [6.45, 7) is 4.69. The van der Waals surface area contributed by atoms with E-state index in [0.29, 0.717) is 6.61 Å². The highest BCUT2D eigenvalue weighted by Crippen LogP contribution is 2.26. The first-order valence-electron chi connectivity index (χ1n) is 10.7. The van der Waals surface area contributed by atoms with Crippen molar-refractivity contribution in [3.8, 4) is 5.75 Å². The largest absolute Gasteiger partial charge is 0.488 e. The molecule has 4 aromatic rings. The van der Waals surface area contributed by atoms with E-state index in [1.807, 2.05) is 65.5 Å². The lowest BCUT2D eigenvalue weighted by Crippen LogP contribution is -2.03. The van der Waals surface area contributed by atoms with Crippen LogP contribution in [0, 0.1) is 0 Å². The van der Waals surface area contributed by atoms with E-state index >= 15 is 0 Å². The molecule has 0 radical (unpaired) electrons. The Labute approximate surface area is 207 Å². The van der Waals surface area contributed by atoms with Gasteiger partial charge in [-0.2, -0.15) is 9.78 Å². The van der Waals surface area contributed by atoms with Crippen molar-refractivity contribution in [2.24, 2.45) is 5.10 Å². The van der Waals surface area contributed by atoms with Gasteiger partial charge in [-0.3, -0.25) is 0 Å². The van der Waals surface area contributed by atoms with Crippen LogP contribution in [-0.2, 0) is 12.4 Å². The number of thioether (sulfide) groups is 1. The van der Waals surface area contributed by atoms with E-state index < -0.39 is 0 Å². The fraction of sp³-hybridized carbons (Fsp3) is 0.192. The first kappa shape index (κ1) is 23.3. The van der Waals surface area contributed by atoms with Gasteiger partial charge in [-0.15, -0.1) is 10.2 Å². The summed E-state index contributed by atoms with van der Waals surface area (Å²) in [5.74, 6) is 2.59. The summed E-state index contributed by atoms with van der Waals surface area (Å²) in [7, 11) is 0. The molecule has 0 saturated heterocycles. The van der Waals surface area contributed by atoms with Crippen molar-refractivity contribution in [2.45, 2.75) is 37.3 Å². The van der Waals surface area contributed by atoms with Gasteiger partial charge in [0, 0.05) is 21.7 Å². The van der Waals surface area contributed by atoms with Crippen LogP contribution in [-0.4, -0.2) is 21.1 Å².